The number of hydrogen-bond donors (Lipinski definition) is 2. The van der Waals surface area contributed by atoms with Crippen molar-refractivity contribution in [1.29, 1.82) is 0 Å². The van der Waals surface area contributed by atoms with Gasteiger partial charge in [-0.1, -0.05) is 31.0 Å². The molecule has 0 aromatic heterocycles. The lowest BCUT2D eigenvalue weighted by atomic mass is 10.2. The van der Waals surface area contributed by atoms with Crippen LogP contribution in [0.4, 0.5) is 0 Å². The molecule has 1 aliphatic carbocycles. The standard InChI is InChI=1S/C21H26N2O4S/c1-16-6-4-10-19(14-16)27-13-12-22-21(24)17-7-5-11-20(15-17)28(25,26)23-18-8-2-3-9-18/h4-7,10-11,14-15,18,23H,2-3,8-9,12-13H2,1H3,(H,22,24). The van der Waals surface area contributed by atoms with Gasteiger partial charge in [0.2, 0.25) is 10.0 Å². The molecule has 7 heteroatoms. The molecule has 0 unspecified atom stereocenters. The zero-order valence-electron chi connectivity index (χ0n) is 16.0. The predicted octanol–water partition coefficient (Wildman–Crippen LogP) is 3.02. The molecule has 0 atom stereocenters. The van der Waals surface area contributed by atoms with Gasteiger partial charge in [0.05, 0.1) is 11.4 Å². The second kappa shape index (κ2) is 9.21. The van der Waals surface area contributed by atoms with Crippen LogP contribution in [0.25, 0.3) is 0 Å². The van der Waals surface area contributed by atoms with Crippen molar-refractivity contribution in [3.63, 3.8) is 0 Å². The van der Waals surface area contributed by atoms with E-state index in [1.165, 1.54) is 12.1 Å². The summed E-state index contributed by atoms with van der Waals surface area (Å²) in [6, 6.07) is 13.8. The smallest absolute Gasteiger partial charge is 0.251 e. The minimum atomic E-state index is -3.62. The first-order valence-electron chi connectivity index (χ1n) is 9.54. The van der Waals surface area contributed by atoms with E-state index in [0.29, 0.717) is 18.7 Å². The molecule has 1 aliphatic rings. The molecule has 150 valence electrons. The molecular weight excluding hydrogens is 376 g/mol. The van der Waals surface area contributed by atoms with Crippen molar-refractivity contribution in [2.24, 2.45) is 0 Å². The quantitative estimate of drug-likeness (QED) is 0.665. The average Bonchev–Trinajstić information content (AvgIpc) is 3.17. The van der Waals surface area contributed by atoms with Crippen molar-refractivity contribution in [3.8, 4) is 5.75 Å². The minimum absolute atomic E-state index is 0.0127. The van der Waals surface area contributed by atoms with Gasteiger partial charge in [-0.25, -0.2) is 13.1 Å². The molecule has 1 saturated carbocycles. The summed E-state index contributed by atoms with van der Waals surface area (Å²) in [5.41, 5.74) is 1.41. The highest BCUT2D eigenvalue weighted by molar-refractivity contribution is 7.89. The summed E-state index contributed by atoms with van der Waals surface area (Å²) in [6.07, 6.45) is 3.81. The number of carbonyl (C=O) groups excluding carboxylic acids is 1. The molecule has 2 aromatic carbocycles. The Bertz CT molecular complexity index is 922. The maximum Gasteiger partial charge on any atom is 0.251 e. The second-order valence-electron chi connectivity index (χ2n) is 7.05. The number of sulfonamides is 1. The molecule has 6 nitrogen and oxygen atoms in total. The monoisotopic (exact) mass is 402 g/mol. The zero-order valence-corrected chi connectivity index (χ0v) is 16.8. The molecule has 0 radical (unpaired) electrons. The summed E-state index contributed by atoms with van der Waals surface area (Å²) in [5, 5.41) is 2.76. The Morgan fingerprint density at radius 1 is 1.11 bits per heavy atom. The minimum Gasteiger partial charge on any atom is -0.492 e. The van der Waals surface area contributed by atoms with Crippen LogP contribution < -0.4 is 14.8 Å². The van der Waals surface area contributed by atoms with E-state index in [9.17, 15) is 13.2 Å². The number of hydrogen-bond acceptors (Lipinski definition) is 4. The van der Waals surface area contributed by atoms with Gasteiger partial charge in [0, 0.05) is 11.6 Å². The molecule has 1 fully saturated rings. The van der Waals surface area contributed by atoms with Crippen LogP contribution in [0.5, 0.6) is 5.75 Å². The number of aryl methyl sites for hydroxylation is 1. The maximum absolute atomic E-state index is 12.5. The summed E-state index contributed by atoms with van der Waals surface area (Å²) >= 11 is 0. The third-order valence-electron chi connectivity index (χ3n) is 4.73. The molecule has 0 aliphatic heterocycles. The Kier molecular flexibility index (Phi) is 6.70. The van der Waals surface area contributed by atoms with Crippen molar-refractivity contribution in [3.05, 3.63) is 59.7 Å². The predicted molar refractivity (Wildman–Crippen MR) is 108 cm³/mol. The van der Waals surface area contributed by atoms with Crippen LogP contribution in [0.3, 0.4) is 0 Å². The Hall–Kier alpha value is -2.38. The van der Waals surface area contributed by atoms with Crippen LogP contribution in [0.15, 0.2) is 53.4 Å². The zero-order chi connectivity index (χ0) is 20.0. The van der Waals surface area contributed by atoms with E-state index in [2.05, 4.69) is 10.0 Å². The highest BCUT2D eigenvalue weighted by Crippen LogP contribution is 2.21. The molecule has 1 amide bonds. The average molecular weight is 403 g/mol. The Morgan fingerprint density at radius 2 is 1.86 bits per heavy atom. The van der Waals surface area contributed by atoms with Crippen molar-refractivity contribution in [2.75, 3.05) is 13.2 Å². The van der Waals surface area contributed by atoms with Gasteiger partial charge in [-0.2, -0.15) is 0 Å². The van der Waals surface area contributed by atoms with Crippen LogP contribution in [-0.2, 0) is 10.0 Å². The van der Waals surface area contributed by atoms with Crippen molar-refractivity contribution in [1.82, 2.24) is 10.0 Å². The fourth-order valence-electron chi connectivity index (χ4n) is 3.28. The molecule has 0 spiro atoms. The Balaban J connectivity index is 1.54. The van der Waals surface area contributed by atoms with Crippen molar-refractivity contribution in [2.45, 2.75) is 43.5 Å². The normalized spacial score (nSPS) is 14.8. The van der Waals surface area contributed by atoms with E-state index in [-0.39, 0.29) is 16.8 Å². The number of ether oxygens (including phenoxy) is 1. The molecular formula is C21H26N2O4S. The van der Waals surface area contributed by atoms with Gasteiger partial charge in [-0.05, 0) is 55.7 Å². The lowest BCUT2D eigenvalue weighted by Crippen LogP contribution is -2.33. The largest absolute Gasteiger partial charge is 0.492 e. The highest BCUT2D eigenvalue weighted by Gasteiger charge is 2.23. The first-order chi connectivity index (χ1) is 13.4. The molecule has 2 aromatic rings. The molecule has 3 rings (SSSR count). The van der Waals surface area contributed by atoms with Crippen LogP contribution in [0.1, 0.15) is 41.6 Å². The lowest BCUT2D eigenvalue weighted by Gasteiger charge is -2.13. The van der Waals surface area contributed by atoms with E-state index < -0.39 is 10.0 Å². The number of amides is 1. The number of carbonyl (C=O) groups is 1. The first kappa shape index (κ1) is 20.4. The summed E-state index contributed by atoms with van der Waals surface area (Å²) in [4.78, 5) is 12.5. The van der Waals surface area contributed by atoms with Gasteiger partial charge in [-0.3, -0.25) is 4.79 Å². The van der Waals surface area contributed by atoms with E-state index in [0.717, 1.165) is 37.0 Å². The Morgan fingerprint density at radius 3 is 2.61 bits per heavy atom. The van der Waals surface area contributed by atoms with Crippen LogP contribution >= 0.6 is 0 Å². The third kappa shape index (κ3) is 5.56. The maximum atomic E-state index is 12.5. The molecule has 0 bridgehead atoms. The van der Waals surface area contributed by atoms with Crippen LogP contribution in [0, 0.1) is 6.92 Å². The second-order valence-corrected chi connectivity index (χ2v) is 8.77. The number of benzene rings is 2. The molecule has 2 N–H and O–H groups in total. The van der Waals surface area contributed by atoms with Gasteiger partial charge in [0.15, 0.2) is 0 Å². The molecule has 0 saturated heterocycles. The molecule has 28 heavy (non-hydrogen) atoms. The topological polar surface area (TPSA) is 84.5 Å². The first-order valence-corrected chi connectivity index (χ1v) is 11.0. The van der Waals surface area contributed by atoms with E-state index in [4.69, 9.17) is 4.74 Å². The van der Waals surface area contributed by atoms with Crippen LogP contribution in [-0.4, -0.2) is 33.5 Å². The third-order valence-corrected chi connectivity index (χ3v) is 6.25. The fourth-order valence-corrected chi connectivity index (χ4v) is 4.63. The number of nitrogens with one attached hydrogen (secondary N) is 2. The van der Waals surface area contributed by atoms with Gasteiger partial charge in [0.1, 0.15) is 12.4 Å². The van der Waals surface area contributed by atoms with E-state index in [1.807, 2.05) is 31.2 Å². The van der Waals surface area contributed by atoms with E-state index >= 15 is 0 Å². The van der Waals surface area contributed by atoms with E-state index in [1.54, 1.807) is 12.1 Å². The highest BCUT2D eigenvalue weighted by atomic mass is 32.2. The summed E-state index contributed by atoms with van der Waals surface area (Å²) in [6.45, 7) is 2.64. The summed E-state index contributed by atoms with van der Waals surface area (Å²) in [5.74, 6) is 0.422. The lowest BCUT2D eigenvalue weighted by molar-refractivity contribution is 0.0946. The number of rotatable bonds is 8. The van der Waals surface area contributed by atoms with Crippen molar-refractivity contribution >= 4 is 15.9 Å². The van der Waals surface area contributed by atoms with Gasteiger partial charge in [0.25, 0.3) is 5.91 Å². The van der Waals surface area contributed by atoms with Gasteiger partial charge < -0.3 is 10.1 Å². The Labute approximate surface area is 166 Å². The summed E-state index contributed by atoms with van der Waals surface area (Å²) < 4.78 is 33.4. The molecule has 0 heterocycles. The fraction of sp³-hybridized carbons (Fsp3) is 0.381. The van der Waals surface area contributed by atoms with Gasteiger partial charge >= 0.3 is 0 Å². The SMILES string of the molecule is Cc1cccc(OCCNC(=O)c2cccc(S(=O)(=O)NC3CCCC3)c2)c1. The van der Waals surface area contributed by atoms with Crippen molar-refractivity contribution < 1.29 is 17.9 Å². The summed E-state index contributed by atoms with van der Waals surface area (Å²) in [7, 11) is -3.62. The van der Waals surface area contributed by atoms with Crippen LogP contribution in [0.2, 0.25) is 0 Å². The van der Waals surface area contributed by atoms with Gasteiger partial charge in [-0.15, -0.1) is 0 Å².